The first-order valence-electron chi connectivity index (χ1n) is 9.31. The third kappa shape index (κ3) is 4.10. The molecule has 2 aromatic carbocycles. The molecule has 7 heteroatoms. The van der Waals surface area contributed by atoms with Crippen LogP contribution in [0.4, 0.5) is 4.39 Å². The van der Waals surface area contributed by atoms with Crippen LogP contribution in [-0.2, 0) is 13.1 Å². The first-order chi connectivity index (χ1) is 14.7. The molecule has 0 bridgehead atoms. The van der Waals surface area contributed by atoms with Gasteiger partial charge >= 0.3 is 0 Å². The SMILES string of the molecule is COc1ccccc1-c1cc(CN(Cc2ccco2)C(=O)c2ccccc2F)no1. The van der Waals surface area contributed by atoms with Crippen molar-refractivity contribution in [3.63, 3.8) is 0 Å². The Hall–Kier alpha value is -3.87. The number of hydrogen-bond donors (Lipinski definition) is 0. The van der Waals surface area contributed by atoms with Crippen molar-refractivity contribution in [2.75, 3.05) is 7.11 Å². The highest BCUT2D eigenvalue weighted by Crippen LogP contribution is 2.30. The molecule has 0 fully saturated rings. The van der Waals surface area contributed by atoms with Crippen molar-refractivity contribution in [2.24, 2.45) is 0 Å². The highest BCUT2D eigenvalue weighted by Gasteiger charge is 2.22. The largest absolute Gasteiger partial charge is 0.496 e. The van der Waals surface area contributed by atoms with Crippen molar-refractivity contribution in [1.29, 1.82) is 0 Å². The zero-order chi connectivity index (χ0) is 20.9. The number of hydrogen-bond acceptors (Lipinski definition) is 5. The number of furan rings is 1. The van der Waals surface area contributed by atoms with Crippen LogP contribution in [0.1, 0.15) is 21.8 Å². The van der Waals surface area contributed by atoms with Gasteiger partial charge in [-0.05, 0) is 36.4 Å². The van der Waals surface area contributed by atoms with E-state index in [0.717, 1.165) is 5.56 Å². The summed E-state index contributed by atoms with van der Waals surface area (Å²) in [4.78, 5) is 14.5. The molecule has 2 aromatic heterocycles. The molecule has 0 unspecified atom stereocenters. The molecule has 4 aromatic rings. The van der Waals surface area contributed by atoms with Crippen LogP contribution in [0, 0.1) is 5.82 Å². The number of carbonyl (C=O) groups is 1. The summed E-state index contributed by atoms with van der Waals surface area (Å²) in [5.41, 5.74) is 1.25. The number of nitrogens with zero attached hydrogens (tertiary/aromatic N) is 2. The monoisotopic (exact) mass is 406 g/mol. The Morgan fingerprint density at radius 3 is 2.63 bits per heavy atom. The van der Waals surface area contributed by atoms with E-state index in [1.807, 2.05) is 24.3 Å². The molecule has 0 atom stereocenters. The van der Waals surface area contributed by atoms with Gasteiger partial charge < -0.3 is 18.6 Å². The summed E-state index contributed by atoms with van der Waals surface area (Å²) in [6.07, 6.45) is 1.52. The number of methoxy groups -OCH3 is 1. The summed E-state index contributed by atoms with van der Waals surface area (Å²) in [6.45, 7) is 0.281. The van der Waals surface area contributed by atoms with E-state index in [1.54, 1.807) is 37.4 Å². The number of halogens is 1. The second-order valence-corrected chi connectivity index (χ2v) is 6.60. The van der Waals surface area contributed by atoms with Crippen molar-refractivity contribution in [1.82, 2.24) is 10.1 Å². The van der Waals surface area contributed by atoms with E-state index in [1.165, 1.54) is 23.3 Å². The Bertz CT molecular complexity index is 1140. The number of aromatic nitrogens is 1. The second-order valence-electron chi connectivity index (χ2n) is 6.60. The molecular weight excluding hydrogens is 387 g/mol. The Kier molecular flexibility index (Phi) is 5.61. The Morgan fingerprint density at radius 2 is 1.87 bits per heavy atom. The molecule has 152 valence electrons. The Balaban J connectivity index is 1.62. The van der Waals surface area contributed by atoms with Crippen LogP contribution >= 0.6 is 0 Å². The van der Waals surface area contributed by atoms with Crippen LogP contribution in [0.5, 0.6) is 5.75 Å². The summed E-state index contributed by atoms with van der Waals surface area (Å²) < 4.78 is 30.4. The van der Waals surface area contributed by atoms with E-state index in [4.69, 9.17) is 13.7 Å². The van der Waals surface area contributed by atoms with Gasteiger partial charge in [0, 0.05) is 6.07 Å². The van der Waals surface area contributed by atoms with Crippen molar-refractivity contribution >= 4 is 5.91 Å². The summed E-state index contributed by atoms with van der Waals surface area (Å²) >= 11 is 0. The summed E-state index contributed by atoms with van der Waals surface area (Å²) in [7, 11) is 1.58. The van der Waals surface area contributed by atoms with Gasteiger partial charge in [0.25, 0.3) is 5.91 Å². The summed E-state index contributed by atoms with van der Waals surface area (Å²) in [5.74, 6) is 0.690. The number of rotatable bonds is 7. The number of amides is 1. The normalized spacial score (nSPS) is 10.7. The predicted octanol–water partition coefficient (Wildman–Crippen LogP) is 4.92. The average molecular weight is 406 g/mol. The molecule has 0 aliphatic carbocycles. The first-order valence-corrected chi connectivity index (χ1v) is 9.31. The maximum absolute atomic E-state index is 14.2. The van der Waals surface area contributed by atoms with Gasteiger partial charge in [0.2, 0.25) is 0 Å². The summed E-state index contributed by atoms with van der Waals surface area (Å²) in [6, 6.07) is 18.5. The molecule has 30 heavy (non-hydrogen) atoms. The Morgan fingerprint density at radius 1 is 1.07 bits per heavy atom. The lowest BCUT2D eigenvalue weighted by molar-refractivity contribution is 0.0709. The zero-order valence-electron chi connectivity index (χ0n) is 16.2. The minimum atomic E-state index is -0.582. The molecule has 0 radical (unpaired) electrons. The molecule has 6 nitrogen and oxygen atoms in total. The van der Waals surface area contributed by atoms with E-state index in [0.29, 0.717) is 23.0 Å². The van der Waals surface area contributed by atoms with Gasteiger partial charge in [0.05, 0.1) is 37.6 Å². The second kappa shape index (κ2) is 8.65. The minimum Gasteiger partial charge on any atom is -0.496 e. The fourth-order valence-electron chi connectivity index (χ4n) is 3.15. The topological polar surface area (TPSA) is 68.7 Å². The van der Waals surface area contributed by atoms with Gasteiger partial charge in [0.15, 0.2) is 5.76 Å². The fourth-order valence-corrected chi connectivity index (χ4v) is 3.15. The van der Waals surface area contributed by atoms with Crippen molar-refractivity contribution in [2.45, 2.75) is 13.1 Å². The minimum absolute atomic E-state index is 0.0162. The fraction of sp³-hybridized carbons (Fsp3) is 0.130. The lowest BCUT2D eigenvalue weighted by Crippen LogP contribution is -2.30. The molecule has 0 saturated carbocycles. The van der Waals surface area contributed by atoms with Crippen LogP contribution in [0.2, 0.25) is 0 Å². The van der Waals surface area contributed by atoms with Crippen LogP contribution < -0.4 is 4.74 Å². The highest BCUT2D eigenvalue weighted by atomic mass is 19.1. The van der Waals surface area contributed by atoms with E-state index in [9.17, 15) is 9.18 Å². The standard InChI is InChI=1S/C23H19FN2O4/c1-28-21-11-5-3-9-19(21)22-13-16(25-30-22)14-26(15-17-7-6-12-29-17)23(27)18-8-2-4-10-20(18)24/h2-13H,14-15H2,1H3. The zero-order valence-corrected chi connectivity index (χ0v) is 16.2. The van der Waals surface area contributed by atoms with Gasteiger partial charge in [-0.25, -0.2) is 4.39 Å². The van der Waals surface area contributed by atoms with E-state index >= 15 is 0 Å². The molecule has 1 amide bonds. The number of carbonyl (C=O) groups excluding carboxylic acids is 1. The molecule has 4 rings (SSSR count). The van der Waals surface area contributed by atoms with Gasteiger partial charge in [0.1, 0.15) is 23.0 Å². The quantitative estimate of drug-likeness (QED) is 0.436. The molecule has 0 aliphatic rings. The van der Waals surface area contributed by atoms with Gasteiger partial charge in [-0.15, -0.1) is 0 Å². The number of benzene rings is 2. The molecule has 2 heterocycles. The predicted molar refractivity (Wildman–Crippen MR) is 107 cm³/mol. The highest BCUT2D eigenvalue weighted by molar-refractivity contribution is 5.94. The van der Waals surface area contributed by atoms with E-state index < -0.39 is 11.7 Å². The van der Waals surface area contributed by atoms with Crippen LogP contribution in [0.25, 0.3) is 11.3 Å². The average Bonchev–Trinajstić information content (AvgIpc) is 3.45. The third-order valence-electron chi connectivity index (χ3n) is 4.60. The van der Waals surface area contributed by atoms with Gasteiger partial charge in [-0.2, -0.15) is 0 Å². The smallest absolute Gasteiger partial charge is 0.257 e. The van der Waals surface area contributed by atoms with Crippen LogP contribution in [0.3, 0.4) is 0 Å². The van der Waals surface area contributed by atoms with E-state index in [2.05, 4.69) is 5.16 Å². The Labute approximate surface area is 172 Å². The molecule has 0 aliphatic heterocycles. The number of para-hydroxylation sites is 1. The van der Waals surface area contributed by atoms with Crippen molar-refractivity contribution < 1.29 is 22.9 Å². The van der Waals surface area contributed by atoms with Crippen molar-refractivity contribution in [3.8, 4) is 17.1 Å². The maximum Gasteiger partial charge on any atom is 0.257 e. The van der Waals surface area contributed by atoms with Gasteiger partial charge in [-0.3, -0.25) is 4.79 Å². The lowest BCUT2D eigenvalue weighted by Gasteiger charge is -2.20. The van der Waals surface area contributed by atoms with E-state index in [-0.39, 0.29) is 18.7 Å². The number of ether oxygens (including phenoxy) is 1. The summed E-state index contributed by atoms with van der Waals surface area (Å²) in [5, 5.41) is 4.09. The molecule has 0 N–H and O–H groups in total. The molecular formula is C23H19FN2O4. The van der Waals surface area contributed by atoms with Crippen molar-refractivity contribution in [3.05, 3.63) is 95.8 Å². The van der Waals surface area contributed by atoms with Crippen LogP contribution in [-0.4, -0.2) is 23.1 Å². The lowest BCUT2D eigenvalue weighted by atomic mass is 10.1. The molecule has 0 spiro atoms. The maximum atomic E-state index is 14.2. The van der Waals surface area contributed by atoms with Crippen LogP contribution in [0.15, 0.2) is 81.9 Å². The third-order valence-corrected chi connectivity index (χ3v) is 4.60. The first kappa shape index (κ1) is 19.4. The van der Waals surface area contributed by atoms with Gasteiger partial charge in [-0.1, -0.05) is 29.4 Å². The molecule has 0 saturated heterocycles.